The zero-order valence-electron chi connectivity index (χ0n) is 11.9. The maximum Gasteiger partial charge on any atom is 0.0764 e. The van der Waals surface area contributed by atoms with Crippen molar-refractivity contribution in [2.45, 2.75) is 45.6 Å². The highest BCUT2D eigenvalue weighted by Gasteiger charge is 2.19. The van der Waals surface area contributed by atoms with Gasteiger partial charge in [-0.2, -0.15) is 0 Å². The highest BCUT2D eigenvalue weighted by Crippen LogP contribution is 2.28. The first-order valence-corrected chi connectivity index (χ1v) is 7.36. The van der Waals surface area contributed by atoms with Crippen molar-refractivity contribution >= 4 is 11.6 Å². The van der Waals surface area contributed by atoms with Crippen molar-refractivity contribution in [3.05, 3.63) is 40.7 Å². The van der Waals surface area contributed by atoms with Gasteiger partial charge in [0.15, 0.2) is 0 Å². The Kier molecular flexibility index (Phi) is 5.00. The minimum atomic E-state index is 0.222. The van der Waals surface area contributed by atoms with Crippen LogP contribution in [0.1, 0.15) is 45.1 Å². The van der Waals surface area contributed by atoms with Crippen molar-refractivity contribution in [3.63, 3.8) is 0 Å². The van der Waals surface area contributed by atoms with Gasteiger partial charge in [-0.15, -0.1) is 0 Å². The summed E-state index contributed by atoms with van der Waals surface area (Å²) in [5.74, 6) is 1.02. The molecule has 2 nitrogen and oxygen atoms in total. The Labute approximate surface area is 120 Å². The molecule has 0 amide bonds. The zero-order valence-corrected chi connectivity index (χ0v) is 12.7. The number of ether oxygens (including phenoxy) is 1. The van der Waals surface area contributed by atoms with Gasteiger partial charge in [-0.05, 0) is 36.3 Å². The van der Waals surface area contributed by atoms with Crippen molar-refractivity contribution in [2.24, 2.45) is 5.92 Å². The third kappa shape index (κ3) is 4.05. The van der Waals surface area contributed by atoms with Gasteiger partial charge in [0.25, 0.3) is 0 Å². The Morgan fingerprint density at radius 1 is 1.37 bits per heavy atom. The summed E-state index contributed by atoms with van der Waals surface area (Å²) in [4.78, 5) is 4.15. The Hall–Kier alpha value is -0.860. The van der Waals surface area contributed by atoms with Gasteiger partial charge in [0.05, 0.1) is 17.7 Å². The fourth-order valence-electron chi connectivity index (χ4n) is 2.50. The lowest BCUT2D eigenvalue weighted by atomic mass is 9.91. The fraction of sp³-hybridized carbons (Fsp3) is 0.562. The lowest BCUT2D eigenvalue weighted by Crippen LogP contribution is -2.21. The van der Waals surface area contributed by atoms with Gasteiger partial charge in [0, 0.05) is 12.4 Å². The van der Waals surface area contributed by atoms with Crippen LogP contribution in [0, 0.1) is 5.92 Å². The van der Waals surface area contributed by atoms with Gasteiger partial charge < -0.3 is 4.74 Å². The molecule has 3 heteroatoms. The van der Waals surface area contributed by atoms with Crippen molar-refractivity contribution in [1.29, 1.82) is 0 Å². The average molecular weight is 280 g/mol. The van der Waals surface area contributed by atoms with E-state index in [0.29, 0.717) is 16.9 Å². The summed E-state index contributed by atoms with van der Waals surface area (Å²) in [6.45, 7) is 7.54. The third-order valence-corrected chi connectivity index (χ3v) is 3.95. The number of halogens is 1. The van der Waals surface area contributed by atoms with Crippen molar-refractivity contribution in [2.75, 3.05) is 6.61 Å². The number of rotatable bonds is 4. The van der Waals surface area contributed by atoms with E-state index < -0.39 is 0 Å². The second-order valence-electron chi connectivity index (χ2n) is 5.63. The number of hydrogen-bond acceptors (Lipinski definition) is 2. The molecule has 0 aromatic carbocycles. The maximum absolute atomic E-state index is 5.99. The normalized spacial score (nSPS) is 21.3. The molecule has 19 heavy (non-hydrogen) atoms. The monoisotopic (exact) mass is 279 g/mol. The fourth-order valence-corrected chi connectivity index (χ4v) is 2.68. The SMILES string of the molecule is CC(C)C1=CC(CC(C)c2cncc(Cl)c2)OCC1. The minimum Gasteiger partial charge on any atom is -0.374 e. The number of aromatic nitrogens is 1. The lowest BCUT2D eigenvalue weighted by molar-refractivity contribution is 0.0652. The summed E-state index contributed by atoms with van der Waals surface area (Å²) in [5.41, 5.74) is 2.70. The molecular weight excluding hydrogens is 258 g/mol. The molecule has 0 aliphatic carbocycles. The molecule has 0 saturated heterocycles. The molecule has 2 unspecified atom stereocenters. The summed E-state index contributed by atoms with van der Waals surface area (Å²) in [6.07, 6.45) is 8.15. The topological polar surface area (TPSA) is 22.1 Å². The largest absolute Gasteiger partial charge is 0.374 e. The van der Waals surface area contributed by atoms with E-state index in [9.17, 15) is 0 Å². The third-order valence-electron chi connectivity index (χ3n) is 3.75. The molecule has 2 atom stereocenters. The van der Waals surface area contributed by atoms with E-state index in [0.717, 1.165) is 19.4 Å². The van der Waals surface area contributed by atoms with Gasteiger partial charge in [0.1, 0.15) is 0 Å². The van der Waals surface area contributed by atoms with E-state index >= 15 is 0 Å². The Morgan fingerprint density at radius 2 is 2.16 bits per heavy atom. The van der Waals surface area contributed by atoms with E-state index in [1.165, 1.54) is 11.1 Å². The van der Waals surface area contributed by atoms with Crippen LogP contribution in [0.25, 0.3) is 0 Å². The zero-order chi connectivity index (χ0) is 13.8. The first-order chi connectivity index (χ1) is 9.06. The second kappa shape index (κ2) is 6.53. The van der Waals surface area contributed by atoms with E-state index in [1.54, 1.807) is 6.20 Å². The van der Waals surface area contributed by atoms with Gasteiger partial charge in [-0.3, -0.25) is 4.98 Å². The van der Waals surface area contributed by atoms with Crippen LogP contribution in [0.5, 0.6) is 0 Å². The van der Waals surface area contributed by atoms with Crippen LogP contribution in [-0.4, -0.2) is 17.7 Å². The molecule has 1 aromatic rings. The van der Waals surface area contributed by atoms with Gasteiger partial charge in [-0.25, -0.2) is 0 Å². The van der Waals surface area contributed by atoms with Gasteiger partial charge in [-0.1, -0.05) is 44.0 Å². The summed E-state index contributed by atoms with van der Waals surface area (Å²) in [7, 11) is 0. The molecular formula is C16H22ClNO. The predicted octanol–water partition coefficient (Wildman–Crippen LogP) is 4.60. The molecule has 0 spiro atoms. The summed E-state index contributed by atoms with van der Waals surface area (Å²) >= 11 is 5.99. The average Bonchev–Trinajstić information content (AvgIpc) is 2.39. The molecule has 1 aliphatic heterocycles. The molecule has 2 rings (SSSR count). The van der Waals surface area contributed by atoms with Crippen molar-refractivity contribution in [3.8, 4) is 0 Å². The molecule has 0 saturated carbocycles. The minimum absolute atomic E-state index is 0.222. The Balaban J connectivity index is 2.02. The highest BCUT2D eigenvalue weighted by molar-refractivity contribution is 6.30. The number of nitrogens with zero attached hydrogens (tertiary/aromatic N) is 1. The summed E-state index contributed by atoms with van der Waals surface area (Å²) in [6, 6.07) is 2.00. The van der Waals surface area contributed by atoms with Crippen LogP contribution in [0.2, 0.25) is 5.02 Å². The molecule has 1 aromatic heterocycles. The summed E-state index contributed by atoms with van der Waals surface area (Å²) in [5, 5.41) is 0.701. The van der Waals surface area contributed by atoms with Crippen molar-refractivity contribution in [1.82, 2.24) is 4.98 Å². The molecule has 0 N–H and O–H groups in total. The van der Waals surface area contributed by atoms with Crippen LogP contribution < -0.4 is 0 Å². The van der Waals surface area contributed by atoms with Gasteiger partial charge >= 0.3 is 0 Å². The quantitative estimate of drug-likeness (QED) is 0.752. The second-order valence-corrected chi connectivity index (χ2v) is 6.07. The van der Waals surface area contributed by atoms with Crippen molar-refractivity contribution < 1.29 is 4.74 Å². The first-order valence-electron chi connectivity index (χ1n) is 6.99. The van der Waals surface area contributed by atoms with E-state index in [2.05, 4.69) is 31.8 Å². The summed E-state index contributed by atoms with van der Waals surface area (Å²) < 4.78 is 5.85. The van der Waals surface area contributed by atoms with E-state index in [1.807, 2.05) is 12.3 Å². The molecule has 1 aliphatic rings. The van der Waals surface area contributed by atoms with Gasteiger partial charge in [0.2, 0.25) is 0 Å². The van der Waals surface area contributed by atoms with Crippen LogP contribution >= 0.6 is 11.6 Å². The maximum atomic E-state index is 5.99. The van der Waals surface area contributed by atoms with Crippen LogP contribution in [-0.2, 0) is 4.74 Å². The molecule has 0 fully saturated rings. The predicted molar refractivity (Wildman–Crippen MR) is 79.6 cm³/mol. The Bertz CT molecular complexity index is 456. The molecule has 2 heterocycles. The van der Waals surface area contributed by atoms with E-state index in [-0.39, 0.29) is 6.10 Å². The molecule has 0 radical (unpaired) electrons. The standard InChI is InChI=1S/C16H22ClNO/c1-11(2)13-4-5-19-16(8-13)6-12(3)14-7-15(17)10-18-9-14/h7-12,16H,4-6H2,1-3H3. The molecule has 0 bridgehead atoms. The molecule has 104 valence electrons. The highest BCUT2D eigenvalue weighted by atomic mass is 35.5. The number of pyridine rings is 1. The van der Waals surface area contributed by atoms with Crippen LogP contribution in [0.3, 0.4) is 0 Å². The van der Waals surface area contributed by atoms with Crippen LogP contribution in [0.4, 0.5) is 0 Å². The first kappa shape index (κ1) is 14.5. The van der Waals surface area contributed by atoms with Crippen LogP contribution in [0.15, 0.2) is 30.1 Å². The Morgan fingerprint density at radius 3 is 2.84 bits per heavy atom. The van der Waals surface area contributed by atoms with E-state index in [4.69, 9.17) is 16.3 Å². The smallest absolute Gasteiger partial charge is 0.0764 e. The lowest BCUT2D eigenvalue weighted by Gasteiger charge is -2.26. The number of hydrogen-bond donors (Lipinski definition) is 0.